The second-order valence-electron chi connectivity index (χ2n) is 6.52. The van der Waals surface area contributed by atoms with Gasteiger partial charge in [-0.05, 0) is 45.7 Å². The number of hydrogen-bond acceptors (Lipinski definition) is 4. The number of carbonyl (C=O) groups excluding carboxylic acids is 1. The molecule has 1 aliphatic rings. The molecule has 1 fully saturated rings. The molecule has 4 nitrogen and oxygen atoms in total. The highest BCUT2D eigenvalue weighted by atomic mass is 19.1. The largest absolute Gasteiger partial charge is 0.497 e. The van der Waals surface area contributed by atoms with E-state index in [9.17, 15) is 9.18 Å². The molecule has 0 bridgehead atoms. The van der Waals surface area contributed by atoms with Crippen molar-refractivity contribution >= 4 is 18.6 Å². The first kappa shape index (κ1) is 17.0. The van der Waals surface area contributed by atoms with Gasteiger partial charge in [-0.2, -0.15) is 0 Å². The van der Waals surface area contributed by atoms with Crippen LogP contribution < -0.4 is 5.46 Å². The summed E-state index contributed by atoms with van der Waals surface area (Å²) in [6.07, 6.45) is 0.666. The van der Waals surface area contributed by atoms with Gasteiger partial charge in [0, 0.05) is 11.9 Å². The van der Waals surface area contributed by atoms with Gasteiger partial charge in [-0.15, -0.1) is 0 Å². The average Bonchev–Trinajstić information content (AvgIpc) is 2.64. The fourth-order valence-corrected chi connectivity index (χ4v) is 2.24. The number of halogens is 1. The second-order valence-corrected chi connectivity index (χ2v) is 6.52. The van der Waals surface area contributed by atoms with Gasteiger partial charge < -0.3 is 14.0 Å². The molecular weight excluding hydrogens is 286 g/mol. The van der Waals surface area contributed by atoms with Crippen LogP contribution in [-0.4, -0.2) is 31.4 Å². The molecule has 120 valence electrons. The number of esters is 1. The molecule has 0 unspecified atom stereocenters. The summed E-state index contributed by atoms with van der Waals surface area (Å²) in [6.45, 7) is 7.70. The lowest BCUT2D eigenvalue weighted by Gasteiger charge is -2.32. The molecule has 0 aliphatic carbocycles. The minimum absolute atomic E-state index is 0.228. The smallest absolute Gasteiger partial charge is 0.469 e. The minimum Gasteiger partial charge on any atom is -0.469 e. The second kappa shape index (κ2) is 6.01. The van der Waals surface area contributed by atoms with Crippen LogP contribution in [0.1, 0.15) is 39.7 Å². The van der Waals surface area contributed by atoms with Crippen molar-refractivity contribution in [1.82, 2.24) is 0 Å². The van der Waals surface area contributed by atoms with Crippen molar-refractivity contribution in [2.75, 3.05) is 7.11 Å². The summed E-state index contributed by atoms with van der Waals surface area (Å²) in [5.74, 6) is -0.698. The van der Waals surface area contributed by atoms with Crippen LogP contribution in [0.25, 0.3) is 0 Å². The zero-order chi connectivity index (χ0) is 16.5. The first-order valence-electron chi connectivity index (χ1n) is 7.37. The molecular formula is C16H22BFO4. The van der Waals surface area contributed by atoms with Gasteiger partial charge in [0.2, 0.25) is 0 Å². The number of carbonyl (C=O) groups is 1. The van der Waals surface area contributed by atoms with E-state index in [-0.39, 0.29) is 18.2 Å². The van der Waals surface area contributed by atoms with Crippen LogP contribution in [0.2, 0.25) is 0 Å². The first-order valence-corrected chi connectivity index (χ1v) is 7.37. The number of rotatable bonds is 4. The Morgan fingerprint density at radius 1 is 1.23 bits per heavy atom. The Balaban J connectivity index is 2.13. The lowest BCUT2D eigenvalue weighted by molar-refractivity contribution is -0.140. The van der Waals surface area contributed by atoms with E-state index in [0.717, 1.165) is 5.56 Å². The van der Waals surface area contributed by atoms with Gasteiger partial charge in [0.1, 0.15) is 5.82 Å². The Morgan fingerprint density at radius 3 is 2.32 bits per heavy atom. The molecule has 0 radical (unpaired) electrons. The Hall–Kier alpha value is -1.40. The van der Waals surface area contributed by atoms with E-state index < -0.39 is 18.3 Å². The molecule has 0 aromatic heterocycles. The van der Waals surface area contributed by atoms with Gasteiger partial charge in [0.15, 0.2) is 0 Å². The van der Waals surface area contributed by atoms with E-state index in [1.165, 1.54) is 13.2 Å². The van der Waals surface area contributed by atoms with E-state index in [2.05, 4.69) is 4.74 Å². The van der Waals surface area contributed by atoms with Crippen LogP contribution in [0.5, 0.6) is 0 Å². The Bertz CT molecular complexity index is 555. The lowest BCUT2D eigenvalue weighted by Crippen LogP contribution is -2.41. The highest BCUT2D eigenvalue weighted by molar-refractivity contribution is 6.62. The van der Waals surface area contributed by atoms with E-state index in [1.54, 1.807) is 12.1 Å². The number of benzene rings is 1. The van der Waals surface area contributed by atoms with Gasteiger partial charge >= 0.3 is 13.1 Å². The third kappa shape index (κ3) is 3.33. The maximum atomic E-state index is 14.3. The van der Waals surface area contributed by atoms with E-state index in [4.69, 9.17) is 9.31 Å². The Morgan fingerprint density at radius 2 is 1.82 bits per heavy atom. The molecule has 0 saturated carbocycles. The predicted molar refractivity (Wildman–Crippen MR) is 82.5 cm³/mol. The van der Waals surface area contributed by atoms with Crippen LogP contribution >= 0.6 is 0 Å². The number of ether oxygens (including phenoxy) is 1. The number of methoxy groups -OCH3 is 1. The topological polar surface area (TPSA) is 44.8 Å². The van der Waals surface area contributed by atoms with Crippen molar-refractivity contribution in [2.45, 2.75) is 51.7 Å². The van der Waals surface area contributed by atoms with Gasteiger partial charge in [0.05, 0.1) is 18.3 Å². The summed E-state index contributed by atoms with van der Waals surface area (Å²) in [5, 5.41) is 0. The summed E-state index contributed by atoms with van der Waals surface area (Å²) >= 11 is 0. The fourth-order valence-electron chi connectivity index (χ4n) is 2.24. The van der Waals surface area contributed by atoms with Gasteiger partial charge in [-0.3, -0.25) is 4.79 Å². The van der Waals surface area contributed by atoms with Crippen molar-refractivity contribution in [3.05, 3.63) is 29.6 Å². The molecule has 0 atom stereocenters. The third-order valence-corrected chi connectivity index (χ3v) is 4.42. The van der Waals surface area contributed by atoms with Crippen molar-refractivity contribution in [3.63, 3.8) is 0 Å². The molecule has 2 rings (SSSR count). The molecule has 22 heavy (non-hydrogen) atoms. The lowest BCUT2D eigenvalue weighted by atomic mass is 9.78. The summed E-state index contributed by atoms with van der Waals surface area (Å²) in [4.78, 5) is 11.1. The maximum absolute atomic E-state index is 14.3. The average molecular weight is 308 g/mol. The highest BCUT2D eigenvalue weighted by Crippen LogP contribution is 2.36. The highest BCUT2D eigenvalue weighted by Gasteiger charge is 2.52. The van der Waals surface area contributed by atoms with Crippen molar-refractivity contribution < 1.29 is 23.2 Å². The SMILES string of the molecule is COC(=O)CCc1ccc(B2OC(C)(C)C(C)(C)O2)c(F)c1. The molecule has 6 heteroatoms. The van der Waals surface area contributed by atoms with Crippen LogP contribution in [0.15, 0.2) is 18.2 Å². The number of hydrogen-bond donors (Lipinski definition) is 0. The monoisotopic (exact) mass is 308 g/mol. The van der Waals surface area contributed by atoms with Gasteiger partial charge in [-0.25, -0.2) is 4.39 Å². The minimum atomic E-state index is -0.723. The van der Waals surface area contributed by atoms with E-state index in [0.29, 0.717) is 11.9 Å². The van der Waals surface area contributed by atoms with Crippen molar-refractivity contribution in [1.29, 1.82) is 0 Å². The van der Waals surface area contributed by atoms with Crippen molar-refractivity contribution in [2.24, 2.45) is 0 Å². The molecule has 1 aromatic rings. The summed E-state index contributed by atoms with van der Waals surface area (Å²) in [7, 11) is 0.615. The quantitative estimate of drug-likeness (QED) is 0.632. The zero-order valence-corrected chi connectivity index (χ0v) is 13.7. The molecule has 1 aliphatic heterocycles. The Kier molecular flexibility index (Phi) is 4.63. The Labute approximate surface area is 131 Å². The van der Waals surface area contributed by atoms with Crippen molar-refractivity contribution in [3.8, 4) is 0 Å². The first-order chi connectivity index (χ1) is 10.2. The molecule has 1 aromatic carbocycles. The van der Waals surface area contributed by atoms with Crippen LogP contribution in [0.3, 0.4) is 0 Å². The van der Waals surface area contributed by atoms with Gasteiger partial charge in [-0.1, -0.05) is 12.1 Å². The molecule has 0 N–H and O–H groups in total. The molecule has 0 spiro atoms. The van der Waals surface area contributed by atoms with E-state index >= 15 is 0 Å². The zero-order valence-electron chi connectivity index (χ0n) is 13.7. The normalized spacial score (nSPS) is 19.3. The summed E-state index contributed by atoms with van der Waals surface area (Å²) in [6, 6.07) is 4.86. The fraction of sp³-hybridized carbons (Fsp3) is 0.562. The molecule has 1 saturated heterocycles. The predicted octanol–water partition coefficient (Wildman–Crippen LogP) is 2.23. The summed E-state index contributed by atoms with van der Waals surface area (Å²) < 4.78 is 30.6. The number of aryl methyl sites for hydroxylation is 1. The van der Waals surface area contributed by atoms with Gasteiger partial charge in [0.25, 0.3) is 0 Å². The van der Waals surface area contributed by atoms with Crippen LogP contribution in [0, 0.1) is 5.82 Å². The molecule has 1 heterocycles. The molecule has 0 amide bonds. The summed E-state index contributed by atoms with van der Waals surface area (Å²) in [5.41, 5.74) is 0.102. The third-order valence-electron chi connectivity index (χ3n) is 4.42. The standard InChI is InChI=1S/C16H22BFO4/c1-15(2)16(3,4)22-17(21-15)12-8-6-11(10-13(12)18)7-9-14(19)20-5/h6,8,10H,7,9H2,1-5H3. The van der Waals surface area contributed by atoms with Crippen LogP contribution in [0.4, 0.5) is 4.39 Å². The maximum Gasteiger partial charge on any atom is 0.497 e. The van der Waals surface area contributed by atoms with E-state index in [1.807, 2.05) is 27.7 Å². The van der Waals surface area contributed by atoms with Crippen LogP contribution in [-0.2, 0) is 25.3 Å².